The van der Waals surface area contributed by atoms with Gasteiger partial charge < -0.3 is 19.9 Å². The number of nitrogens with one attached hydrogen (secondary N) is 2. The topological polar surface area (TPSA) is 50.6 Å². The van der Waals surface area contributed by atoms with Gasteiger partial charge in [-0.25, -0.2) is 8.78 Å². The Morgan fingerprint density at radius 2 is 1.96 bits per heavy atom. The molecule has 0 aliphatic rings. The minimum absolute atomic E-state index is 0. The lowest BCUT2D eigenvalue weighted by Gasteiger charge is -2.12. The van der Waals surface area contributed by atoms with Crippen LogP contribution < -0.4 is 15.4 Å². The molecule has 0 unspecified atom stereocenters. The summed E-state index contributed by atoms with van der Waals surface area (Å²) in [7, 11) is 0. The number of hydrogen-bond donors (Lipinski definition) is 2. The average molecular weight is 464 g/mol. The van der Waals surface area contributed by atoms with Gasteiger partial charge in [-0.15, -0.1) is 24.0 Å². The number of hydrogen-bond acceptors (Lipinski definition) is 2. The van der Waals surface area contributed by atoms with E-state index in [1.54, 1.807) is 0 Å². The quantitative estimate of drug-likeness (QED) is 0.274. The van der Waals surface area contributed by atoms with Crippen LogP contribution in [0, 0.1) is 11.6 Å². The van der Waals surface area contributed by atoms with Gasteiger partial charge in [0, 0.05) is 31.5 Å². The first-order valence-corrected chi connectivity index (χ1v) is 7.90. The van der Waals surface area contributed by atoms with Gasteiger partial charge in [0.2, 0.25) is 0 Å². The molecular weight excluding hydrogens is 441 g/mol. The Balaban J connectivity index is 0.00000312. The highest BCUT2D eigenvalue weighted by Crippen LogP contribution is 2.17. The molecule has 0 atom stereocenters. The zero-order valence-corrected chi connectivity index (χ0v) is 16.4. The van der Waals surface area contributed by atoms with Gasteiger partial charge in [0.25, 0.3) is 0 Å². The van der Waals surface area contributed by atoms with E-state index in [0.717, 1.165) is 19.2 Å². The molecule has 8 heteroatoms. The largest absolute Gasteiger partial charge is 0.489 e. The molecule has 5 nitrogen and oxygen atoms in total. The fraction of sp³-hybridized carbons (Fsp3) is 0.353. The molecule has 0 bridgehead atoms. The number of guanidine groups is 1. The first-order chi connectivity index (χ1) is 11.7. The monoisotopic (exact) mass is 464 g/mol. The van der Waals surface area contributed by atoms with Gasteiger partial charge in [0.15, 0.2) is 17.5 Å². The van der Waals surface area contributed by atoms with Crippen LogP contribution in [0.25, 0.3) is 0 Å². The zero-order valence-electron chi connectivity index (χ0n) is 14.0. The Morgan fingerprint density at radius 3 is 2.64 bits per heavy atom. The molecule has 1 aromatic carbocycles. The molecule has 0 spiro atoms. The summed E-state index contributed by atoms with van der Waals surface area (Å²) in [4.78, 5) is 4.46. The summed E-state index contributed by atoms with van der Waals surface area (Å²) < 4.78 is 33.6. The fourth-order valence-electron chi connectivity index (χ4n) is 2.06. The van der Waals surface area contributed by atoms with E-state index >= 15 is 0 Å². The number of rotatable bonds is 8. The molecule has 25 heavy (non-hydrogen) atoms. The summed E-state index contributed by atoms with van der Waals surface area (Å²) in [6, 6.07) is 7.19. The third-order valence-electron chi connectivity index (χ3n) is 3.18. The first kappa shape index (κ1) is 21.2. The van der Waals surface area contributed by atoms with Crippen LogP contribution in [0.3, 0.4) is 0 Å². The second-order valence-electron chi connectivity index (χ2n) is 5.03. The second-order valence-corrected chi connectivity index (χ2v) is 5.03. The number of halogens is 3. The molecule has 0 aliphatic heterocycles. The number of aromatic nitrogens is 1. The molecule has 2 aromatic rings. The van der Waals surface area contributed by atoms with Gasteiger partial charge in [0.05, 0.1) is 13.1 Å². The lowest BCUT2D eigenvalue weighted by molar-refractivity contribution is 0.304. The van der Waals surface area contributed by atoms with Crippen LogP contribution in [0.4, 0.5) is 8.78 Å². The van der Waals surface area contributed by atoms with Crippen molar-refractivity contribution in [1.29, 1.82) is 0 Å². The Kier molecular flexibility index (Phi) is 9.90. The van der Waals surface area contributed by atoms with Crippen molar-refractivity contribution in [3.63, 3.8) is 0 Å². The van der Waals surface area contributed by atoms with Crippen LogP contribution in [0.1, 0.15) is 6.92 Å². The summed E-state index contributed by atoms with van der Waals surface area (Å²) in [6.07, 6.45) is 3.97. The first-order valence-electron chi connectivity index (χ1n) is 7.90. The third-order valence-corrected chi connectivity index (χ3v) is 3.18. The number of benzene rings is 1. The molecule has 0 radical (unpaired) electrons. The van der Waals surface area contributed by atoms with E-state index in [1.165, 1.54) is 12.1 Å². The number of ether oxygens (including phenoxy) is 1. The highest BCUT2D eigenvalue weighted by molar-refractivity contribution is 14.0. The summed E-state index contributed by atoms with van der Waals surface area (Å²) in [5, 5.41) is 6.24. The van der Waals surface area contributed by atoms with Crippen molar-refractivity contribution in [2.24, 2.45) is 4.99 Å². The second kappa shape index (κ2) is 11.7. The Morgan fingerprint density at radius 1 is 1.20 bits per heavy atom. The minimum atomic E-state index is -0.706. The van der Waals surface area contributed by atoms with Crippen molar-refractivity contribution in [3.8, 4) is 5.75 Å². The summed E-state index contributed by atoms with van der Waals surface area (Å²) in [5.74, 6) is -0.620. The van der Waals surface area contributed by atoms with E-state index in [2.05, 4.69) is 15.6 Å². The molecule has 2 N–H and O–H groups in total. The van der Waals surface area contributed by atoms with Crippen LogP contribution >= 0.6 is 24.0 Å². The molecule has 138 valence electrons. The predicted molar refractivity (Wildman–Crippen MR) is 106 cm³/mol. The fourth-order valence-corrected chi connectivity index (χ4v) is 2.06. The van der Waals surface area contributed by atoms with Crippen molar-refractivity contribution in [1.82, 2.24) is 15.2 Å². The normalized spacial score (nSPS) is 10.9. The van der Waals surface area contributed by atoms with Crippen LogP contribution in [-0.2, 0) is 6.54 Å². The molecule has 0 saturated heterocycles. The van der Waals surface area contributed by atoms with Crippen LogP contribution in [-0.4, -0.2) is 36.8 Å². The van der Waals surface area contributed by atoms with E-state index in [-0.39, 0.29) is 36.3 Å². The highest BCUT2D eigenvalue weighted by atomic mass is 127. The highest BCUT2D eigenvalue weighted by Gasteiger charge is 2.04. The molecule has 1 heterocycles. The van der Waals surface area contributed by atoms with Crippen molar-refractivity contribution < 1.29 is 13.5 Å². The maximum absolute atomic E-state index is 13.4. The number of nitrogens with zero attached hydrogens (tertiary/aromatic N) is 2. The Hall–Kier alpha value is -1.84. The maximum atomic E-state index is 13.4. The van der Waals surface area contributed by atoms with Crippen molar-refractivity contribution in [2.75, 3.05) is 26.2 Å². The smallest absolute Gasteiger partial charge is 0.191 e. The SMILES string of the molecule is CCNC(=NCCn1cccc1)NCCOc1ccc(F)cc1F.I. The van der Waals surface area contributed by atoms with Gasteiger partial charge in [-0.1, -0.05) is 0 Å². The molecule has 0 saturated carbocycles. The summed E-state index contributed by atoms with van der Waals surface area (Å²) in [6.45, 7) is 4.84. The molecule has 0 aliphatic carbocycles. The average Bonchev–Trinajstić information content (AvgIpc) is 3.06. The molecule has 0 amide bonds. The van der Waals surface area contributed by atoms with Gasteiger partial charge in [0.1, 0.15) is 12.4 Å². The van der Waals surface area contributed by atoms with Gasteiger partial charge in [-0.2, -0.15) is 0 Å². The Bertz CT molecular complexity index is 650. The van der Waals surface area contributed by atoms with Crippen molar-refractivity contribution in [2.45, 2.75) is 13.5 Å². The molecule has 2 rings (SSSR count). The standard InChI is InChI=1S/C17H22F2N4O.HI/c1-2-20-17(21-7-11-23-9-3-4-10-23)22-8-12-24-16-6-5-14(18)13-15(16)19;/h3-6,9-10,13H,2,7-8,11-12H2,1H3,(H2,20,21,22);1H. The van der Waals surface area contributed by atoms with E-state index in [0.29, 0.717) is 19.0 Å². The van der Waals surface area contributed by atoms with Gasteiger partial charge >= 0.3 is 0 Å². The molecule has 1 aromatic heterocycles. The van der Waals surface area contributed by atoms with Gasteiger partial charge in [-0.3, -0.25) is 4.99 Å². The zero-order chi connectivity index (χ0) is 17.2. The van der Waals surface area contributed by atoms with Gasteiger partial charge in [-0.05, 0) is 31.2 Å². The summed E-state index contributed by atoms with van der Waals surface area (Å²) >= 11 is 0. The predicted octanol–water partition coefficient (Wildman–Crippen LogP) is 3.02. The lowest BCUT2D eigenvalue weighted by Crippen LogP contribution is -2.39. The Labute approximate surface area is 163 Å². The minimum Gasteiger partial charge on any atom is -0.489 e. The van der Waals surface area contributed by atoms with Crippen LogP contribution in [0.15, 0.2) is 47.7 Å². The lowest BCUT2D eigenvalue weighted by atomic mass is 10.3. The van der Waals surface area contributed by atoms with Crippen LogP contribution in [0.2, 0.25) is 0 Å². The third kappa shape index (κ3) is 7.72. The van der Waals surface area contributed by atoms with Crippen molar-refractivity contribution >= 4 is 29.9 Å². The van der Waals surface area contributed by atoms with Crippen molar-refractivity contribution in [3.05, 3.63) is 54.4 Å². The maximum Gasteiger partial charge on any atom is 0.191 e. The van der Waals surface area contributed by atoms with Crippen LogP contribution in [0.5, 0.6) is 5.75 Å². The van der Waals surface area contributed by atoms with E-state index in [9.17, 15) is 8.78 Å². The molecule has 0 fully saturated rings. The summed E-state index contributed by atoms with van der Waals surface area (Å²) in [5.41, 5.74) is 0. The van der Waals surface area contributed by atoms with E-state index in [4.69, 9.17) is 4.74 Å². The van der Waals surface area contributed by atoms with E-state index in [1.807, 2.05) is 36.0 Å². The molecular formula is C17H23F2IN4O. The number of aliphatic imine (C=N–C) groups is 1. The van der Waals surface area contributed by atoms with E-state index < -0.39 is 11.6 Å².